The first-order valence-electron chi connectivity index (χ1n) is 10.3. The van der Waals surface area contributed by atoms with Crippen LogP contribution >= 0.6 is 0 Å². The summed E-state index contributed by atoms with van der Waals surface area (Å²) in [7, 11) is 0. The van der Waals surface area contributed by atoms with Crippen LogP contribution in [0.25, 0.3) is 0 Å². The van der Waals surface area contributed by atoms with E-state index < -0.39 is 5.60 Å². The highest BCUT2D eigenvalue weighted by Crippen LogP contribution is 2.31. The third-order valence-corrected chi connectivity index (χ3v) is 4.24. The van der Waals surface area contributed by atoms with E-state index in [9.17, 15) is 10.1 Å². The number of hydrogen-bond acceptors (Lipinski definition) is 4. The van der Waals surface area contributed by atoms with Gasteiger partial charge in [0.15, 0.2) is 0 Å². The molecule has 0 radical (unpaired) electrons. The quantitative estimate of drug-likeness (QED) is 0.551. The molecule has 0 unspecified atom stereocenters. The Morgan fingerprint density at radius 3 is 2.18 bits per heavy atom. The number of nitrogens with zero attached hydrogens (tertiary/aromatic N) is 1. The third kappa shape index (κ3) is 7.16. The molecule has 0 heterocycles. The molecule has 0 aliphatic carbocycles. The van der Waals surface area contributed by atoms with Gasteiger partial charge in [-0.15, -0.1) is 0 Å². The number of carbonyl (C=O) groups excluding carboxylic acids is 1. The summed E-state index contributed by atoms with van der Waals surface area (Å²) in [6, 6.07) is 7.33. The molecule has 1 aromatic carbocycles. The largest absolute Gasteiger partial charge is 0.492 e. The summed E-state index contributed by atoms with van der Waals surface area (Å²) in [4.78, 5) is 13.2. The molecule has 0 fully saturated rings. The van der Waals surface area contributed by atoms with Gasteiger partial charge in [0.2, 0.25) is 0 Å². The third-order valence-electron chi connectivity index (χ3n) is 4.24. The van der Waals surface area contributed by atoms with Gasteiger partial charge in [-0.1, -0.05) is 41.5 Å². The van der Waals surface area contributed by atoms with Crippen LogP contribution in [-0.2, 0) is 9.53 Å². The smallest absolute Gasteiger partial charge is 0.256 e. The molecule has 0 aliphatic heterocycles. The average Bonchev–Trinajstić information content (AvgIpc) is 2.59. The predicted molar refractivity (Wildman–Crippen MR) is 113 cm³/mol. The van der Waals surface area contributed by atoms with Crippen molar-refractivity contribution in [3.8, 4) is 11.8 Å². The number of amides is 1. The number of nitrogens with one attached hydrogen (secondary N) is 1. The van der Waals surface area contributed by atoms with E-state index >= 15 is 0 Å². The number of rotatable bonds is 11. The van der Waals surface area contributed by atoms with Crippen LogP contribution in [0, 0.1) is 29.1 Å². The van der Waals surface area contributed by atoms with Gasteiger partial charge in [-0.25, -0.2) is 0 Å². The van der Waals surface area contributed by atoms with Crippen LogP contribution in [0.2, 0.25) is 0 Å². The summed E-state index contributed by atoms with van der Waals surface area (Å²) in [6.45, 7) is 15.4. The van der Waals surface area contributed by atoms with Crippen LogP contribution in [0.1, 0.15) is 66.9 Å². The Kier molecular flexibility index (Phi) is 9.48. The topological polar surface area (TPSA) is 71.3 Å². The van der Waals surface area contributed by atoms with E-state index in [0.29, 0.717) is 60.8 Å². The molecule has 0 aliphatic rings. The first-order valence-corrected chi connectivity index (χ1v) is 10.3. The second kappa shape index (κ2) is 11.1. The summed E-state index contributed by atoms with van der Waals surface area (Å²) in [5.41, 5.74) is 0.111. The lowest BCUT2D eigenvalue weighted by atomic mass is 9.83. The molecule has 28 heavy (non-hydrogen) atoms. The molecule has 0 saturated heterocycles. The first kappa shape index (κ1) is 24.0. The molecule has 0 bridgehead atoms. The molecular formula is C23H36N2O3. The minimum atomic E-state index is -0.878. The van der Waals surface area contributed by atoms with Crippen molar-refractivity contribution in [3.63, 3.8) is 0 Å². The van der Waals surface area contributed by atoms with Crippen LogP contribution in [0.4, 0.5) is 5.69 Å². The second-order valence-electron chi connectivity index (χ2n) is 8.60. The monoisotopic (exact) mass is 388 g/mol. The lowest BCUT2D eigenvalue weighted by molar-refractivity contribution is -0.146. The minimum Gasteiger partial charge on any atom is -0.492 e. The molecule has 0 spiro atoms. The summed E-state index contributed by atoms with van der Waals surface area (Å²) in [5.74, 6) is 1.38. The molecule has 0 saturated carbocycles. The van der Waals surface area contributed by atoms with Crippen molar-refractivity contribution in [2.24, 2.45) is 17.8 Å². The van der Waals surface area contributed by atoms with Crippen LogP contribution in [0.5, 0.6) is 5.75 Å². The van der Waals surface area contributed by atoms with Crippen molar-refractivity contribution in [3.05, 3.63) is 23.8 Å². The predicted octanol–water partition coefficient (Wildman–Crippen LogP) is 5.40. The zero-order valence-corrected chi connectivity index (χ0v) is 18.5. The van der Waals surface area contributed by atoms with E-state index in [-0.39, 0.29) is 5.91 Å². The maximum Gasteiger partial charge on any atom is 0.256 e. The van der Waals surface area contributed by atoms with Gasteiger partial charge in [0, 0.05) is 12.3 Å². The Morgan fingerprint density at radius 1 is 1.11 bits per heavy atom. The van der Waals surface area contributed by atoms with Crippen molar-refractivity contribution in [2.45, 2.75) is 66.9 Å². The minimum absolute atomic E-state index is 0.156. The van der Waals surface area contributed by atoms with E-state index in [1.807, 2.05) is 6.92 Å². The lowest BCUT2D eigenvalue weighted by Gasteiger charge is -2.35. The van der Waals surface area contributed by atoms with Crippen LogP contribution < -0.4 is 10.1 Å². The maximum atomic E-state index is 13.2. The zero-order valence-electron chi connectivity index (χ0n) is 18.5. The molecule has 0 aromatic heterocycles. The van der Waals surface area contributed by atoms with Gasteiger partial charge in [0.05, 0.1) is 12.2 Å². The number of benzene rings is 1. The Morgan fingerprint density at radius 2 is 1.71 bits per heavy atom. The van der Waals surface area contributed by atoms with Crippen molar-refractivity contribution >= 4 is 11.6 Å². The van der Waals surface area contributed by atoms with Gasteiger partial charge in [0.25, 0.3) is 5.91 Å². The molecule has 156 valence electrons. The fraction of sp³-hybridized carbons (Fsp3) is 0.652. The highest BCUT2D eigenvalue weighted by molar-refractivity contribution is 5.97. The molecule has 1 rings (SSSR count). The highest BCUT2D eigenvalue weighted by Gasteiger charge is 2.40. The van der Waals surface area contributed by atoms with E-state index in [1.165, 1.54) is 0 Å². The number of nitriles is 1. The SMILES string of the molecule is CCOC(CC(C)C)(CC(C)C)C(=O)Nc1ccc(OCC(C)C)c(C#N)c1. The van der Waals surface area contributed by atoms with E-state index in [2.05, 4.69) is 52.9 Å². The number of anilines is 1. The number of hydrogen-bond donors (Lipinski definition) is 1. The average molecular weight is 389 g/mol. The van der Waals surface area contributed by atoms with Crippen LogP contribution in [-0.4, -0.2) is 24.7 Å². The van der Waals surface area contributed by atoms with E-state index in [0.717, 1.165) is 0 Å². The lowest BCUT2D eigenvalue weighted by Crippen LogP contribution is -2.47. The number of carbonyl (C=O) groups is 1. The Hall–Kier alpha value is -2.06. The van der Waals surface area contributed by atoms with Crippen molar-refractivity contribution in [1.82, 2.24) is 0 Å². The fourth-order valence-corrected chi connectivity index (χ4v) is 3.37. The Bertz CT molecular complexity index is 665. The van der Waals surface area contributed by atoms with Crippen molar-refractivity contribution in [2.75, 3.05) is 18.5 Å². The van der Waals surface area contributed by atoms with Crippen LogP contribution in [0.15, 0.2) is 18.2 Å². The summed E-state index contributed by atoms with van der Waals surface area (Å²) in [6.07, 6.45) is 1.29. The number of ether oxygens (including phenoxy) is 2. The van der Waals surface area contributed by atoms with Gasteiger partial charge >= 0.3 is 0 Å². The molecule has 5 heteroatoms. The first-order chi connectivity index (χ1) is 13.1. The van der Waals surface area contributed by atoms with Gasteiger partial charge in [-0.2, -0.15) is 5.26 Å². The second-order valence-corrected chi connectivity index (χ2v) is 8.60. The highest BCUT2D eigenvalue weighted by atomic mass is 16.5. The molecule has 1 aromatic rings. The Labute approximate surface area is 170 Å². The zero-order chi connectivity index (χ0) is 21.3. The molecule has 1 N–H and O–H groups in total. The van der Waals surface area contributed by atoms with E-state index in [4.69, 9.17) is 9.47 Å². The van der Waals surface area contributed by atoms with Gasteiger partial charge in [0.1, 0.15) is 17.4 Å². The normalized spacial score (nSPS) is 11.8. The summed E-state index contributed by atoms with van der Waals surface area (Å²) in [5, 5.41) is 12.4. The standard InChI is InChI=1S/C23H36N2O3/c1-8-28-23(12-16(2)3,13-17(4)5)22(26)25-20-9-10-21(19(11-20)14-24)27-15-18(6)7/h9-11,16-18H,8,12-13,15H2,1-7H3,(H,25,26). The van der Waals surface area contributed by atoms with Crippen molar-refractivity contribution < 1.29 is 14.3 Å². The van der Waals surface area contributed by atoms with Crippen molar-refractivity contribution in [1.29, 1.82) is 5.26 Å². The molecular weight excluding hydrogens is 352 g/mol. The molecule has 1 amide bonds. The van der Waals surface area contributed by atoms with Gasteiger partial charge in [-0.05, 0) is 55.7 Å². The van der Waals surface area contributed by atoms with E-state index in [1.54, 1.807) is 18.2 Å². The molecule has 0 atom stereocenters. The van der Waals surface area contributed by atoms with Gasteiger partial charge in [-0.3, -0.25) is 4.79 Å². The maximum absolute atomic E-state index is 13.2. The summed E-state index contributed by atoms with van der Waals surface area (Å²) < 4.78 is 11.7. The van der Waals surface area contributed by atoms with Gasteiger partial charge < -0.3 is 14.8 Å². The fourth-order valence-electron chi connectivity index (χ4n) is 3.37. The van der Waals surface area contributed by atoms with Crippen LogP contribution in [0.3, 0.4) is 0 Å². The molecule has 5 nitrogen and oxygen atoms in total. The summed E-state index contributed by atoms with van der Waals surface area (Å²) >= 11 is 0. The Balaban J connectivity index is 3.10.